The number of likely N-dealkylation sites (N-methyl/N-ethyl adjacent to an activating group) is 1. The van der Waals surface area contributed by atoms with E-state index in [0.717, 1.165) is 26.2 Å². The molecule has 0 aliphatic carbocycles. The first-order valence-corrected chi connectivity index (χ1v) is 6.23. The molecule has 0 saturated carbocycles. The van der Waals surface area contributed by atoms with Crippen molar-refractivity contribution in [3.05, 3.63) is 28.8 Å². The molecular weight excluding hydrogens is 252 g/mol. The molecule has 5 nitrogen and oxygen atoms in total. The maximum atomic E-state index is 12.0. The Morgan fingerprint density at radius 3 is 2.61 bits per heavy atom. The Balaban J connectivity index is 1.97. The molecule has 0 bridgehead atoms. The number of nitrogens with two attached hydrogens (primary N) is 1. The van der Waals surface area contributed by atoms with E-state index in [1.54, 1.807) is 18.2 Å². The first kappa shape index (κ1) is 13.1. The number of piperazine rings is 1. The fourth-order valence-electron chi connectivity index (χ4n) is 1.79. The smallest absolute Gasteiger partial charge is 0.265 e. The van der Waals surface area contributed by atoms with E-state index in [1.807, 2.05) is 5.01 Å². The van der Waals surface area contributed by atoms with Gasteiger partial charge in [0.2, 0.25) is 0 Å². The van der Waals surface area contributed by atoms with Gasteiger partial charge < -0.3 is 10.6 Å². The summed E-state index contributed by atoms with van der Waals surface area (Å²) in [7, 11) is 2.07. The second-order valence-corrected chi connectivity index (χ2v) is 4.87. The molecule has 0 atom stereocenters. The Morgan fingerprint density at radius 1 is 1.33 bits per heavy atom. The van der Waals surface area contributed by atoms with E-state index in [0.29, 0.717) is 16.3 Å². The average Bonchev–Trinajstić information content (AvgIpc) is 2.35. The highest BCUT2D eigenvalue weighted by Gasteiger charge is 2.16. The van der Waals surface area contributed by atoms with Crippen LogP contribution >= 0.6 is 11.6 Å². The second-order valence-electron chi connectivity index (χ2n) is 4.47. The normalized spacial score (nSPS) is 17.7. The van der Waals surface area contributed by atoms with Gasteiger partial charge in [0.05, 0.1) is 10.7 Å². The minimum atomic E-state index is -0.151. The largest absolute Gasteiger partial charge is 0.398 e. The molecule has 6 heteroatoms. The van der Waals surface area contributed by atoms with Gasteiger partial charge in [-0.1, -0.05) is 11.6 Å². The van der Waals surface area contributed by atoms with Crippen LogP contribution in [0.4, 0.5) is 5.69 Å². The van der Waals surface area contributed by atoms with Crippen LogP contribution in [-0.2, 0) is 0 Å². The highest BCUT2D eigenvalue weighted by Crippen LogP contribution is 2.19. The van der Waals surface area contributed by atoms with Gasteiger partial charge in [-0.25, -0.2) is 5.01 Å². The summed E-state index contributed by atoms with van der Waals surface area (Å²) < 4.78 is 0. The van der Waals surface area contributed by atoms with Crippen LogP contribution in [0.25, 0.3) is 0 Å². The molecule has 1 aliphatic rings. The summed E-state index contributed by atoms with van der Waals surface area (Å²) in [5.74, 6) is -0.151. The minimum absolute atomic E-state index is 0.151. The molecule has 3 N–H and O–H groups in total. The van der Waals surface area contributed by atoms with Crippen LogP contribution in [0.2, 0.25) is 5.02 Å². The molecule has 1 aromatic carbocycles. The van der Waals surface area contributed by atoms with E-state index in [4.69, 9.17) is 17.3 Å². The highest BCUT2D eigenvalue weighted by atomic mass is 35.5. The summed E-state index contributed by atoms with van der Waals surface area (Å²) in [6, 6.07) is 4.90. The van der Waals surface area contributed by atoms with E-state index < -0.39 is 0 Å². The van der Waals surface area contributed by atoms with Gasteiger partial charge >= 0.3 is 0 Å². The molecule has 0 spiro atoms. The van der Waals surface area contributed by atoms with Gasteiger partial charge in [-0.15, -0.1) is 0 Å². The predicted octanol–water partition coefficient (Wildman–Crippen LogP) is 0.814. The third kappa shape index (κ3) is 3.13. The lowest BCUT2D eigenvalue weighted by atomic mass is 10.2. The van der Waals surface area contributed by atoms with Crippen molar-refractivity contribution in [3.63, 3.8) is 0 Å². The van der Waals surface area contributed by atoms with Crippen molar-refractivity contribution in [2.75, 3.05) is 39.0 Å². The zero-order valence-electron chi connectivity index (χ0n) is 10.3. The van der Waals surface area contributed by atoms with Gasteiger partial charge in [-0.05, 0) is 25.2 Å². The lowest BCUT2D eigenvalue weighted by Gasteiger charge is -2.32. The first-order valence-electron chi connectivity index (χ1n) is 5.86. The molecule has 0 radical (unpaired) electrons. The minimum Gasteiger partial charge on any atom is -0.398 e. The molecule has 1 aliphatic heterocycles. The number of carbonyl (C=O) groups excluding carboxylic acids is 1. The molecule has 1 fully saturated rings. The van der Waals surface area contributed by atoms with Gasteiger partial charge in [0, 0.05) is 31.7 Å². The van der Waals surface area contributed by atoms with Crippen LogP contribution in [-0.4, -0.2) is 49.0 Å². The Morgan fingerprint density at radius 2 is 2.00 bits per heavy atom. The number of hydrogen-bond acceptors (Lipinski definition) is 4. The van der Waals surface area contributed by atoms with Crippen molar-refractivity contribution in [2.24, 2.45) is 0 Å². The number of benzene rings is 1. The number of nitrogens with one attached hydrogen (secondary N) is 1. The van der Waals surface area contributed by atoms with Gasteiger partial charge in [-0.2, -0.15) is 0 Å². The zero-order valence-corrected chi connectivity index (χ0v) is 11.1. The van der Waals surface area contributed by atoms with Crippen LogP contribution in [0.1, 0.15) is 10.4 Å². The van der Waals surface area contributed by atoms with E-state index in [1.165, 1.54) is 0 Å². The average molecular weight is 269 g/mol. The monoisotopic (exact) mass is 268 g/mol. The maximum absolute atomic E-state index is 12.0. The van der Waals surface area contributed by atoms with Crippen molar-refractivity contribution in [3.8, 4) is 0 Å². The molecule has 1 aromatic rings. The maximum Gasteiger partial charge on any atom is 0.265 e. The molecule has 0 aromatic heterocycles. The summed E-state index contributed by atoms with van der Waals surface area (Å²) in [6.45, 7) is 3.54. The molecule has 18 heavy (non-hydrogen) atoms. The number of amides is 1. The van der Waals surface area contributed by atoms with Crippen molar-refractivity contribution in [1.29, 1.82) is 0 Å². The molecule has 2 rings (SSSR count). The standard InChI is InChI=1S/C12H17ClN4O/c1-16-4-6-17(7-5-16)15-12(18)9-2-3-11(14)10(13)8-9/h2-3,8H,4-7,14H2,1H3,(H,15,18). The number of hydrazine groups is 1. The van der Waals surface area contributed by atoms with Gasteiger partial charge in [0.1, 0.15) is 0 Å². The fourth-order valence-corrected chi connectivity index (χ4v) is 1.98. The summed E-state index contributed by atoms with van der Waals surface area (Å²) in [4.78, 5) is 14.2. The molecule has 1 heterocycles. The molecule has 1 amide bonds. The molecule has 0 unspecified atom stereocenters. The summed E-state index contributed by atoms with van der Waals surface area (Å²) in [6.07, 6.45) is 0. The van der Waals surface area contributed by atoms with Crippen molar-refractivity contribution in [2.45, 2.75) is 0 Å². The quantitative estimate of drug-likeness (QED) is 0.780. The van der Waals surface area contributed by atoms with Crippen molar-refractivity contribution >= 4 is 23.2 Å². The van der Waals surface area contributed by atoms with Gasteiger partial charge in [0.25, 0.3) is 5.91 Å². The Hall–Kier alpha value is -1.30. The fraction of sp³-hybridized carbons (Fsp3) is 0.417. The highest BCUT2D eigenvalue weighted by molar-refractivity contribution is 6.33. The second kappa shape index (κ2) is 5.56. The molecule has 1 saturated heterocycles. The van der Waals surface area contributed by atoms with Gasteiger partial charge in [0.15, 0.2) is 0 Å². The van der Waals surface area contributed by atoms with E-state index in [9.17, 15) is 4.79 Å². The number of rotatable bonds is 2. The summed E-state index contributed by atoms with van der Waals surface area (Å²) in [5.41, 5.74) is 9.48. The Bertz CT molecular complexity index is 444. The third-order valence-electron chi connectivity index (χ3n) is 3.03. The SMILES string of the molecule is CN1CCN(NC(=O)c2ccc(N)c(Cl)c2)CC1. The van der Waals surface area contributed by atoms with Crippen LogP contribution in [0, 0.1) is 0 Å². The lowest BCUT2D eigenvalue weighted by molar-refractivity contribution is 0.0662. The topological polar surface area (TPSA) is 61.6 Å². The van der Waals surface area contributed by atoms with E-state index in [-0.39, 0.29) is 5.91 Å². The van der Waals surface area contributed by atoms with Crippen LogP contribution < -0.4 is 11.2 Å². The van der Waals surface area contributed by atoms with Crippen LogP contribution in [0.3, 0.4) is 0 Å². The Kier molecular flexibility index (Phi) is 4.06. The summed E-state index contributed by atoms with van der Waals surface area (Å²) in [5, 5.41) is 2.33. The van der Waals surface area contributed by atoms with Crippen LogP contribution in [0.5, 0.6) is 0 Å². The predicted molar refractivity (Wildman–Crippen MR) is 72.4 cm³/mol. The van der Waals surface area contributed by atoms with Crippen LogP contribution in [0.15, 0.2) is 18.2 Å². The van der Waals surface area contributed by atoms with Crippen molar-refractivity contribution < 1.29 is 4.79 Å². The lowest BCUT2D eigenvalue weighted by Crippen LogP contribution is -2.52. The number of nitrogen functional groups attached to an aromatic ring is 1. The van der Waals surface area contributed by atoms with E-state index in [2.05, 4.69) is 17.4 Å². The Labute approximate surface area is 111 Å². The zero-order chi connectivity index (χ0) is 13.1. The van der Waals surface area contributed by atoms with E-state index >= 15 is 0 Å². The third-order valence-corrected chi connectivity index (χ3v) is 3.35. The van der Waals surface area contributed by atoms with Crippen molar-refractivity contribution in [1.82, 2.24) is 15.3 Å². The van der Waals surface area contributed by atoms with Gasteiger partial charge in [-0.3, -0.25) is 10.2 Å². The molecule has 98 valence electrons. The number of anilines is 1. The number of hydrogen-bond donors (Lipinski definition) is 2. The molecular formula is C12H17ClN4O. The number of halogens is 1. The number of carbonyl (C=O) groups is 1. The first-order chi connectivity index (χ1) is 8.56. The summed E-state index contributed by atoms with van der Waals surface area (Å²) >= 11 is 5.89. The number of nitrogens with zero attached hydrogens (tertiary/aromatic N) is 2.